The third kappa shape index (κ3) is 2.98. The van der Waals surface area contributed by atoms with Crippen LogP contribution in [0.1, 0.15) is 37.0 Å². The SMILES string of the molecule is C=CCN1C(=O)C(CC)Oc2c(OCCC)cc(C=O)cc21. The van der Waals surface area contributed by atoms with Gasteiger partial charge in [0.2, 0.25) is 0 Å². The second-order valence-corrected chi connectivity index (χ2v) is 5.09. The van der Waals surface area contributed by atoms with E-state index in [9.17, 15) is 9.59 Å². The van der Waals surface area contributed by atoms with Gasteiger partial charge in [0.15, 0.2) is 17.6 Å². The average molecular weight is 303 g/mol. The molecule has 0 radical (unpaired) electrons. The molecule has 1 heterocycles. The van der Waals surface area contributed by atoms with Crippen LogP contribution in [0.3, 0.4) is 0 Å². The number of hydrogen-bond acceptors (Lipinski definition) is 4. The highest BCUT2D eigenvalue weighted by Crippen LogP contribution is 2.43. The summed E-state index contributed by atoms with van der Waals surface area (Å²) < 4.78 is 11.5. The Morgan fingerprint density at radius 3 is 2.77 bits per heavy atom. The lowest BCUT2D eigenvalue weighted by atomic mass is 10.1. The highest BCUT2D eigenvalue weighted by Gasteiger charge is 2.35. The maximum Gasteiger partial charge on any atom is 0.268 e. The van der Waals surface area contributed by atoms with Gasteiger partial charge in [0.25, 0.3) is 5.91 Å². The minimum absolute atomic E-state index is 0.126. The lowest BCUT2D eigenvalue weighted by molar-refractivity contribution is -0.126. The standard InChI is InChI=1S/C17H21NO4/c1-4-7-18-13-9-12(11-19)10-15(21-8-5-2)16(13)22-14(6-3)17(18)20/h4,9-11,14H,1,5-8H2,2-3H3. The van der Waals surface area contributed by atoms with Crippen LogP contribution in [0, 0.1) is 0 Å². The molecule has 0 saturated carbocycles. The van der Waals surface area contributed by atoms with E-state index in [1.807, 2.05) is 13.8 Å². The van der Waals surface area contributed by atoms with Crippen molar-refractivity contribution in [3.8, 4) is 11.5 Å². The van der Waals surface area contributed by atoms with Crippen LogP contribution in [0.25, 0.3) is 0 Å². The molecule has 0 fully saturated rings. The molecule has 0 bridgehead atoms. The van der Waals surface area contributed by atoms with Gasteiger partial charge in [0, 0.05) is 12.1 Å². The van der Waals surface area contributed by atoms with Crippen LogP contribution < -0.4 is 14.4 Å². The number of fused-ring (bicyclic) bond motifs is 1. The minimum atomic E-state index is -0.543. The third-order valence-corrected chi connectivity index (χ3v) is 3.43. The van der Waals surface area contributed by atoms with Crippen molar-refractivity contribution in [2.45, 2.75) is 32.8 Å². The topological polar surface area (TPSA) is 55.8 Å². The van der Waals surface area contributed by atoms with Crippen molar-refractivity contribution in [3.63, 3.8) is 0 Å². The largest absolute Gasteiger partial charge is 0.490 e. The number of rotatable bonds is 7. The Kier molecular flexibility index (Phi) is 5.20. The van der Waals surface area contributed by atoms with E-state index < -0.39 is 6.10 Å². The minimum Gasteiger partial charge on any atom is -0.490 e. The molecule has 0 N–H and O–H groups in total. The number of aldehydes is 1. The summed E-state index contributed by atoms with van der Waals surface area (Å²) in [7, 11) is 0. The monoisotopic (exact) mass is 303 g/mol. The van der Waals surface area contributed by atoms with Crippen LogP contribution in [-0.2, 0) is 4.79 Å². The van der Waals surface area contributed by atoms with Gasteiger partial charge in [-0.2, -0.15) is 0 Å². The summed E-state index contributed by atoms with van der Waals surface area (Å²) in [6.45, 7) is 8.47. The van der Waals surface area contributed by atoms with Crippen LogP contribution in [-0.4, -0.2) is 31.4 Å². The van der Waals surface area contributed by atoms with Gasteiger partial charge in [-0.1, -0.05) is 19.9 Å². The van der Waals surface area contributed by atoms with E-state index in [2.05, 4.69) is 6.58 Å². The van der Waals surface area contributed by atoms with Crippen LogP contribution in [0.2, 0.25) is 0 Å². The number of carbonyl (C=O) groups is 2. The molecule has 1 atom stereocenters. The molecule has 1 aromatic rings. The number of ether oxygens (including phenoxy) is 2. The molecule has 5 nitrogen and oxygen atoms in total. The van der Waals surface area contributed by atoms with Gasteiger partial charge in [-0.15, -0.1) is 6.58 Å². The van der Waals surface area contributed by atoms with Crippen molar-refractivity contribution in [2.75, 3.05) is 18.1 Å². The molecule has 22 heavy (non-hydrogen) atoms. The summed E-state index contributed by atoms with van der Waals surface area (Å²) in [6.07, 6.45) is 3.25. The summed E-state index contributed by atoms with van der Waals surface area (Å²) >= 11 is 0. The molecule has 1 unspecified atom stereocenters. The lowest BCUT2D eigenvalue weighted by Crippen LogP contribution is -2.45. The molecular formula is C17H21NO4. The molecule has 2 rings (SSSR count). The van der Waals surface area contributed by atoms with Gasteiger partial charge < -0.3 is 14.4 Å². The van der Waals surface area contributed by atoms with Crippen LogP contribution in [0.5, 0.6) is 11.5 Å². The first-order valence-corrected chi connectivity index (χ1v) is 7.51. The van der Waals surface area contributed by atoms with Crippen molar-refractivity contribution in [2.24, 2.45) is 0 Å². The van der Waals surface area contributed by atoms with Crippen LogP contribution >= 0.6 is 0 Å². The molecule has 0 saturated heterocycles. The van der Waals surface area contributed by atoms with Gasteiger partial charge in [0.1, 0.15) is 6.29 Å². The molecule has 118 valence electrons. The van der Waals surface area contributed by atoms with E-state index >= 15 is 0 Å². The number of carbonyl (C=O) groups excluding carboxylic acids is 2. The normalized spacial score (nSPS) is 16.7. The molecule has 0 aliphatic carbocycles. The lowest BCUT2D eigenvalue weighted by Gasteiger charge is -2.34. The molecule has 0 spiro atoms. The zero-order chi connectivity index (χ0) is 16.1. The average Bonchev–Trinajstić information content (AvgIpc) is 2.54. The molecule has 5 heteroatoms. The van der Waals surface area contributed by atoms with Crippen LogP contribution in [0.15, 0.2) is 24.8 Å². The zero-order valence-electron chi connectivity index (χ0n) is 13.0. The van der Waals surface area contributed by atoms with Gasteiger partial charge in [-0.05, 0) is 25.0 Å². The van der Waals surface area contributed by atoms with E-state index in [1.54, 1.807) is 23.1 Å². The first-order chi connectivity index (χ1) is 10.7. The van der Waals surface area contributed by atoms with Crippen LogP contribution in [0.4, 0.5) is 5.69 Å². The highest BCUT2D eigenvalue weighted by molar-refractivity contribution is 6.01. The van der Waals surface area contributed by atoms with E-state index in [0.29, 0.717) is 42.3 Å². The van der Waals surface area contributed by atoms with Gasteiger partial charge in [0.05, 0.1) is 12.3 Å². The second-order valence-electron chi connectivity index (χ2n) is 5.09. The van der Waals surface area contributed by atoms with Crippen molar-refractivity contribution in [3.05, 3.63) is 30.4 Å². The second kappa shape index (κ2) is 7.11. The van der Waals surface area contributed by atoms with Crippen molar-refractivity contribution < 1.29 is 19.1 Å². The number of benzene rings is 1. The molecular weight excluding hydrogens is 282 g/mol. The van der Waals surface area contributed by atoms with E-state index in [1.165, 1.54) is 0 Å². The predicted molar refractivity (Wildman–Crippen MR) is 84.9 cm³/mol. The molecule has 1 amide bonds. The molecule has 0 aromatic heterocycles. The summed E-state index contributed by atoms with van der Waals surface area (Å²) in [4.78, 5) is 25.2. The Bertz CT molecular complexity index is 582. The van der Waals surface area contributed by atoms with E-state index in [-0.39, 0.29) is 5.91 Å². The number of hydrogen-bond donors (Lipinski definition) is 0. The summed E-state index contributed by atoms with van der Waals surface area (Å²) in [6, 6.07) is 3.30. The van der Waals surface area contributed by atoms with Gasteiger partial charge >= 0.3 is 0 Å². The summed E-state index contributed by atoms with van der Waals surface area (Å²) in [5.41, 5.74) is 1.01. The zero-order valence-corrected chi connectivity index (χ0v) is 13.0. The fourth-order valence-corrected chi connectivity index (χ4v) is 2.38. The molecule has 1 aliphatic rings. The third-order valence-electron chi connectivity index (χ3n) is 3.43. The quantitative estimate of drug-likeness (QED) is 0.574. The first kappa shape index (κ1) is 16.1. The Labute approximate surface area is 130 Å². The Morgan fingerprint density at radius 2 is 2.18 bits per heavy atom. The van der Waals surface area contributed by atoms with E-state index in [0.717, 1.165) is 12.7 Å². The maximum absolute atomic E-state index is 12.5. The predicted octanol–water partition coefficient (Wildman–Crippen LogP) is 2.98. The van der Waals surface area contributed by atoms with E-state index in [4.69, 9.17) is 9.47 Å². The smallest absolute Gasteiger partial charge is 0.268 e. The van der Waals surface area contributed by atoms with Crippen molar-refractivity contribution in [1.29, 1.82) is 0 Å². The Balaban J connectivity index is 2.54. The molecule has 1 aromatic carbocycles. The van der Waals surface area contributed by atoms with Gasteiger partial charge in [-0.3, -0.25) is 9.59 Å². The maximum atomic E-state index is 12.5. The first-order valence-electron chi connectivity index (χ1n) is 7.51. The number of anilines is 1. The highest BCUT2D eigenvalue weighted by atomic mass is 16.5. The fourth-order valence-electron chi connectivity index (χ4n) is 2.38. The van der Waals surface area contributed by atoms with Gasteiger partial charge in [-0.25, -0.2) is 0 Å². The Hall–Kier alpha value is -2.30. The molecule has 1 aliphatic heterocycles. The summed E-state index contributed by atoms with van der Waals surface area (Å²) in [5.74, 6) is 0.896. The fraction of sp³-hybridized carbons (Fsp3) is 0.412. The number of amides is 1. The Morgan fingerprint density at radius 1 is 1.41 bits per heavy atom. The number of nitrogens with zero attached hydrogens (tertiary/aromatic N) is 1. The summed E-state index contributed by atoms with van der Waals surface area (Å²) in [5, 5.41) is 0. The van der Waals surface area contributed by atoms with Crippen molar-refractivity contribution in [1.82, 2.24) is 0 Å². The van der Waals surface area contributed by atoms with Crippen molar-refractivity contribution >= 4 is 17.9 Å².